The number of hydrogen-bond donors (Lipinski definition) is 3. The molecule has 12 aromatic rings. The van der Waals surface area contributed by atoms with E-state index in [1.165, 1.54) is 55.0 Å². The number of fused-ring (bicyclic) bond motifs is 6. The van der Waals surface area contributed by atoms with E-state index in [1.54, 1.807) is 72.8 Å². The standard InChI is InChI=1S/C29H32ClFN8O5.C28H30ClFN8O4.C28H30ClFN8O3/c1-4-23(40)38-7-9-39(10-8-38)27-17-5-6-32-28(44-26-18-14-33-36-20(18)13-19(31)24(26)30)25(17)34-29(35-27)43-22-16-37(11-12-41-2)15-21(22)42-3;1-4-22(39)37-8-10-38(11-9-37)26-16-6-7-31-27(42-25-17-13-32-35-19(17)12-18(30)23(25)29)24(16)33-28(34-26)41-21-15-36(5-2)14-20(21)40-3;1-4-22(39)37-7-9-38(10-8-37)26-18-5-6-31-27(41-25-19-13-32-35-21(19)12-20(30)23(25)29)24(18)33-28(34-26)40-15-17-11-16(2)14-36(17)3/h4-6,13-14,21-22H,1,7-12,15-16H2,2-3H3,(H,33,36);4,6-7,12-13,20-21H,1,5,8-11,14-15H2,2-3H3,(H,32,35);4-6,12-13,16-17H,1,7-11,14-15H2,2-3H3,(H,32,35)/t21-,22-;20-,21-;16-,17+/m111/s1. The van der Waals surface area contributed by atoms with E-state index in [1.807, 2.05) is 0 Å². The minimum absolute atomic E-state index is 0.0543. The number of benzene rings is 3. The molecule has 0 aliphatic carbocycles. The molecule has 18 rings (SSSR count). The third-order valence-electron chi connectivity index (χ3n) is 23.3. The van der Waals surface area contributed by atoms with Crippen LogP contribution in [-0.2, 0) is 28.6 Å². The number of halogens is 6. The average Bonchev–Trinajstić information content (AvgIpc) is 1.63. The van der Waals surface area contributed by atoms with Gasteiger partial charge < -0.3 is 72.0 Å². The largest absolute Gasteiger partial charge is 0.462 e. The third kappa shape index (κ3) is 18.8. The fourth-order valence-electron chi connectivity index (χ4n) is 16.5. The van der Waals surface area contributed by atoms with Gasteiger partial charge in [-0.15, -0.1) is 0 Å². The van der Waals surface area contributed by atoms with Crippen molar-refractivity contribution in [2.24, 2.45) is 5.92 Å². The molecule has 0 saturated carbocycles. The van der Waals surface area contributed by atoms with Gasteiger partial charge in [-0.25, -0.2) is 28.1 Å². The van der Waals surface area contributed by atoms with Crippen LogP contribution in [-0.4, -0.2) is 319 Å². The van der Waals surface area contributed by atoms with E-state index in [-0.39, 0.29) is 116 Å². The number of anilines is 3. The number of H-pyrrole nitrogens is 3. The number of methoxy groups -OCH3 is 3. The van der Waals surface area contributed by atoms with Gasteiger partial charge in [0.15, 0.2) is 17.2 Å². The molecule has 15 heterocycles. The predicted octanol–water partition coefficient (Wildman–Crippen LogP) is 10.5. The van der Waals surface area contributed by atoms with Crippen molar-refractivity contribution in [3.05, 3.63) is 144 Å². The van der Waals surface area contributed by atoms with Crippen LogP contribution in [0.25, 0.3) is 65.4 Å². The fourth-order valence-corrected chi connectivity index (χ4v) is 17.1. The van der Waals surface area contributed by atoms with Crippen molar-refractivity contribution in [1.82, 2.24) is 105 Å². The summed E-state index contributed by atoms with van der Waals surface area (Å²) in [5, 5.41) is 23.0. The Kier molecular flexibility index (Phi) is 27.1. The molecule has 3 aromatic carbocycles. The first-order valence-corrected chi connectivity index (χ1v) is 42.4. The highest BCUT2D eigenvalue weighted by atomic mass is 35.5. The molecule has 6 saturated heterocycles. The van der Waals surface area contributed by atoms with Gasteiger partial charge in [0.2, 0.25) is 35.4 Å². The molecule has 3 amide bonds. The summed E-state index contributed by atoms with van der Waals surface area (Å²) in [5.41, 5.74) is 2.37. The number of aromatic amines is 3. The SMILES string of the molecule is C=CC(=O)N1CCN(c2nc(OC[C@@H]3C[C@@H](C)CN3C)nc3c(Oc4c(Cl)c(F)cc5[nH]ncc45)nccc23)CC1.C=CC(=O)N1CCN(c2nc(O[C@@H]3CN(CC)C[C@H]3OC)nc3c(Oc4c(Cl)c(F)cc5[nH]ncc45)nccc23)CC1.C=CC(=O)N1CCN(c2nc(O[C@@H]3CN(CCOC)C[C@H]3OC)nc3c(Oc4c(Cl)c(F)cc5[nH]ncc45)nccc23)CC1. The van der Waals surface area contributed by atoms with Crippen LogP contribution in [0, 0.1) is 23.4 Å². The summed E-state index contributed by atoms with van der Waals surface area (Å²) in [7, 11) is 7.06. The topological polar surface area (TPSA) is 365 Å². The molecule has 0 unspecified atom stereocenters. The van der Waals surface area contributed by atoms with Crippen LogP contribution < -0.4 is 43.1 Å². The Balaban J connectivity index is 0.000000140. The molecule has 0 spiro atoms. The predicted molar refractivity (Wildman–Crippen MR) is 469 cm³/mol. The van der Waals surface area contributed by atoms with Crippen LogP contribution >= 0.6 is 34.8 Å². The minimum Gasteiger partial charge on any atom is -0.462 e. The summed E-state index contributed by atoms with van der Waals surface area (Å²) in [4.78, 5) is 96.6. The van der Waals surface area contributed by atoms with E-state index in [4.69, 9.17) is 107 Å². The van der Waals surface area contributed by atoms with Crippen molar-refractivity contribution in [2.75, 3.05) is 181 Å². The molecule has 6 aliphatic heterocycles. The van der Waals surface area contributed by atoms with Gasteiger partial charge in [-0.3, -0.25) is 44.4 Å². The minimum atomic E-state index is -0.671. The quantitative estimate of drug-likeness (QED) is 0.0447. The third-order valence-corrected chi connectivity index (χ3v) is 24.3. The van der Waals surface area contributed by atoms with E-state index in [2.05, 4.69) is 116 Å². The van der Waals surface area contributed by atoms with Gasteiger partial charge in [0, 0.05) is 182 Å². The van der Waals surface area contributed by atoms with E-state index < -0.39 is 17.5 Å². The smallest absolute Gasteiger partial charge is 0.319 e. The number of likely N-dealkylation sites (tertiary alicyclic amines) is 3. The molecular formula is C85H92Cl3F3N24O12. The van der Waals surface area contributed by atoms with Crippen LogP contribution in [0.4, 0.5) is 30.6 Å². The first kappa shape index (κ1) is 88.2. The van der Waals surface area contributed by atoms with Crippen molar-refractivity contribution in [3.8, 4) is 52.9 Å². The maximum Gasteiger partial charge on any atom is 0.319 e. The molecule has 127 heavy (non-hydrogen) atoms. The Morgan fingerprint density at radius 1 is 0.488 bits per heavy atom. The van der Waals surface area contributed by atoms with E-state index in [9.17, 15) is 27.6 Å². The first-order chi connectivity index (χ1) is 61.6. The highest BCUT2D eigenvalue weighted by Gasteiger charge is 2.39. The fraction of sp³-hybridized carbons (Fsp3) is 0.400. The Labute approximate surface area is 740 Å². The number of nitrogens with zero attached hydrogens (tertiary/aromatic N) is 21. The molecule has 0 radical (unpaired) electrons. The second kappa shape index (κ2) is 38.9. The maximum absolute atomic E-state index is 14.7. The molecular weight excluding hydrogens is 1710 g/mol. The summed E-state index contributed by atoms with van der Waals surface area (Å²) < 4.78 is 98.1. The lowest BCUT2D eigenvalue weighted by Gasteiger charge is -2.35. The van der Waals surface area contributed by atoms with Gasteiger partial charge in [0.25, 0.3) is 0 Å². The van der Waals surface area contributed by atoms with Crippen LogP contribution in [0.5, 0.6) is 52.9 Å². The normalized spacial score (nSPS) is 19.5. The number of amides is 3. The second-order valence-electron chi connectivity index (χ2n) is 31.1. The number of rotatable bonds is 25. The van der Waals surface area contributed by atoms with E-state index in [0.717, 1.165) is 32.6 Å². The molecule has 6 fully saturated rings. The molecule has 42 heteroatoms. The van der Waals surface area contributed by atoms with E-state index in [0.29, 0.717) is 200 Å². The highest BCUT2D eigenvalue weighted by molar-refractivity contribution is 6.34. The van der Waals surface area contributed by atoms with Gasteiger partial charge in [-0.1, -0.05) is 68.4 Å². The zero-order valence-corrected chi connectivity index (χ0v) is 72.6. The van der Waals surface area contributed by atoms with Crippen molar-refractivity contribution < 1.29 is 70.2 Å². The molecule has 6 aliphatic rings. The molecule has 6 atom stereocenters. The Bertz CT molecular complexity index is 6100. The Morgan fingerprint density at radius 3 is 1.19 bits per heavy atom. The monoisotopic (exact) mass is 1800 g/mol. The highest BCUT2D eigenvalue weighted by Crippen LogP contribution is 2.45. The van der Waals surface area contributed by atoms with E-state index >= 15 is 0 Å². The van der Waals surface area contributed by atoms with Crippen LogP contribution in [0.2, 0.25) is 15.1 Å². The van der Waals surface area contributed by atoms with Crippen molar-refractivity contribution in [1.29, 1.82) is 0 Å². The Hall–Kier alpha value is -12.2. The number of pyridine rings is 3. The summed E-state index contributed by atoms with van der Waals surface area (Å²) in [6.07, 6.45) is 13.2. The molecule has 9 aromatic heterocycles. The number of hydrogen-bond acceptors (Lipinski definition) is 30. The lowest BCUT2D eigenvalue weighted by Crippen LogP contribution is -2.48. The zero-order chi connectivity index (χ0) is 88.8. The molecule has 3 N–H and O–H groups in total. The van der Waals surface area contributed by atoms with Gasteiger partial charge in [0.1, 0.15) is 97.5 Å². The first-order valence-electron chi connectivity index (χ1n) is 41.2. The number of carbonyl (C=O) groups excluding carboxylic acids is 3. The summed E-state index contributed by atoms with van der Waals surface area (Å²) in [6.45, 7) is 27.5. The van der Waals surface area contributed by atoms with Crippen molar-refractivity contribution >= 4 is 135 Å². The number of nitrogens with one attached hydrogen (secondary N) is 3. The number of ether oxygens (including phenoxy) is 9. The van der Waals surface area contributed by atoms with Crippen LogP contribution in [0.1, 0.15) is 20.3 Å². The summed E-state index contributed by atoms with van der Waals surface area (Å²) in [5.74, 6) is 0.581. The molecule has 666 valence electrons. The van der Waals surface area contributed by atoms with Gasteiger partial charge in [0.05, 0.1) is 74.1 Å². The molecule has 0 bridgehead atoms. The molecule has 36 nitrogen and oxygen atoms in total. The van der Waals surface area contributed by atoms with Crippen molar-refractivity contribution in [2.45, 2.75) is 50.7 Å². The second-order valence-corrected chi connectivity index (χ2v) is 32.2. The van der Waals surface area contributed by atoms with Crippen LogP contribution in [0.15, 0.2) is 112 Å². The number of carbonyl (C=O) groups is 3. The van der Waals surface area contributed by atoms with Crippen LogP contribution in [0.3, 0.4) is 0 Å². The Morgan fingerprint density at radius 2 is 0.843 bits per heavy atom. The lowest BCUT2D eigenvalue weighted by atomic mass is 10.1. The number of aromatic nitrogens is 15. The van der Waals surface area contributed by atoms with Gasteiger partial charge >= 0.3 is 18.0 Å². The number of likely N-dealkylation sites (N-methyl/N-ethyl adjacent to an activating group) is 2. The lowest BCUT2D eigenvalue weighted by molar-refractivity contribution is -0.127. The van der Waals surface area contributed by atoms with Gasteiger partial charge in [-0.05, 0) is 62.4 Å². The summed E-state index contributed by atoms with van der Waals surface area (Å²) >= 11 is 19.0. The van der Waals surface area contributed by atoms with Crippen molar-refractivity contribution in [3.63, 3.8) is 0 Å². The average molecular weight is 1810 g/mol. The zero-order valence-electron chi connectivity index (χ0n) is 70.4. The summed E-state index contributed by atoms with van der Waals surface area (Å²) in [6, 6.07) is 9.79. The maximum atomic E-state index is 14.7. The number of piperazine rings is 3. The van der Waals surface area contributed by atoms with Gasteiger partial charge in [-0.2, -0.15) is 45.2 Å².